The average Bonchev–Trinajstić information content (AvgIpc) is 2.34. The molecule has 0 aliphatic heterocycles. The summed E-state index contributed by atoms with van der Waals surface area (Å²) in [5.41, 5.74) is 2.91. The van der Waals surface area contributed by atoms with Crippen molar-refractivity contribution in [2.75, 3.05) is 6.54 Å². The Bertz CT molecular complexity index is 324. The quantitative estimate of drug-likeness (QED) is 0.754. The van der Waals surface area contributed by atoms with E-state index in [1.807, 2.05) is 0 Å². The monoisotopic (exact) mass is 247 g/mol. The SMILES string of the molecule is CC(CCc1ccc(C(C)C)cc1)CNC(C)C. The zero-order valence-electron chi connectivity index (χ0n) is 12.7. The number of benzene rings is 1. The maximum absolute atomic E-state index is 3.51. The summed E-state index contributed by atoms with van der Waals surface area (Å²) < 4.78 is 0. The third-order valence-corrected chi connectivity index (χ3v) is 3.45. The number of hydrogen-bond acceptors (Lipinski definition) is 1. The highest BCUT2D eigenvalue weighted by atomic mass is 14.9. The van der Waals surface area contributed by atoms with Crippen LogP contribution in [-0.4, -0.2) is 12.6 Å². The van der Waals surface area contributed by atoms with E-state index in [-0.39, 0.29) is 0 Å². The molecule has 1 N–H and O–H groups in total. The molecule has 0 fully saturated rings. The largest absolute Gasteiger partial charge is 0.314 e. The van der Waals surface area contributed by atoms with Gasteiger partial charge in [0.05, 0.1) is 0 Å². The first-order valence-corrected chi connectivity index (χ1v) is 7.31. The van der Waals surface area contributed by atoms with Gasteiger partial charge in [0.25, 0.3) is 0 Å². The maximum atomic E-state index is 3.51. The fraction of sp³-hybridized carbons (Fsp3) is 0.647. The fourth-order valence-corrected chi connectivity index (χ4v) is 2.02. The van der Waals surface area contributed by atoms with E-state index >= 15 is 0 Å². The predicted octanol–water partition coefficient (Wildman–Crippen LogP) is 4.38. The van der Waals surface area contributed by atoms with E-state index in [2.05, 4.69) is 64.2 Å². The summed E-state index contributed by atoms with van der Waals surface area (Å²) in [4.78, 5) is 0. The minimum atomic E-state index is 0.595. The highest BCUT2D eigenvalue weighted by molar-refractivity contribution is 5.24. The Labute approximate surface area is 113 Å². The van der Waals surface area contributed by atoms with Crippen molar-refractivity contribution in [2.24, 2.45) is 5.92 Å². The number of rotatable bonds is 7. The molecule has 1 aromatic carbocycles. The van der Waals surface area contributed by atoms with Gasteiger partial charge in [0.2, 0.25) is 0 Å². The summed E-state index contributed by atoms with van der Waals surface area (Å²) in [6, 6.07) is 9.72. The van der Waals surface area contributed by atoms with Gasteiger partial charge in [0, 0.05) is 6.04 Å². The molecule has 0 aliphatic carbocycles. The van der Waals surface area contributed by atoms with Crippen molar-refractivity contribution in [3.05, 3.63) is 35.4 Å². The lowest BCUT2D eigenvalue weighted by Gasteiger charge is -2.15. The van der Waals surface area contributed by atoms with E-state index < -0.39 is 0 Å². The van der Waals surface area contributed by atoms with Crippen molar-refractivity contribution >= 4 is 0 Å². The Kier molecular flexibility index (Phi) is 6.42. The second kappa shape index (κ2) is 7.58. The second-order valence-electron chi connectivity index (χ2n) is 6.10. The Morgan fingerprint density at radius 3 is 2.06 bits per heavy atom. The van der Waals surface area contributed by atoms with Gasteiger partial charge in [-0.2, -0.15) is 0 Å². The first kappa shape index (κ1) is 15.2. The zero-order valence-corrected chi connectivity index (χ0v) is 12.7. The average molecular weight is 247 g/mol. The van der Waals surface area contributed by atoms with Crippen LogP contribution in [0.1, 0.15) is 58.1 Å². The summed E-state index contributed by atoms with van der Waals surface area (Å²) in [5.74, 6) is 1.38. The van der Waals surface area contributed by atoms with Crippen LogP contribution in [0.25, 0.3) is 0 Å². The van der Waals surface area contributed by atoms with E-state index in [9.17, 15) is 0 Å². The molecule has 1 unspecified atom stereocenters. The lowest BCUT2D eigenvalue weighted by Crippen LogP contribution is -2.28. The minimum absolute atomic E-state index is 0.595. The molecule has 0 spiro atoms. The van der Waals surface area contributed by atoms with Crippen LogP contribution in [0.5, 0.6) is 0 Å². The molecule has 0 radical (unpaired) electrons. The molecule has 18 heavy (non-hydrogen) atoms. The van der Waals surface area contributed by atoms with E-state index in [4.69, 9.17) is 0 Å². The molecule has 0 aliphatic rings. The van der Waals surface area contributed by atoms with Gasteiger partial charge in [-0.3, -0.25) is 0 Å². The van der Waals surface area contributed by atoms with Crippen LogP contribution < -0.4 is 5.32 Å². The van der Waals surface area contributed by atoms with E-state index in [1.54, 1.807) is 0 Å². The van der Waals surface area contributed by atoms with Gasteiger partial charge in [0.1, 0.15) is 0 Å². The molecule has 1 heteroatoms. The van der Waals surface area contributed by atoms with Gasteiger partial charge in [0.15, 0.2) is 0 Å². The lowest BCUT2D eigenvalue weighted by atomic mass is 9.97. The molecule has 0 bridgehead atoms. The number of nitrogens with one attached hydrogen (secondary N) is 1. The van der Waals surface area contributed by atoms with Crippen LogP contribution in [-0.2, 0) is 6.42 Å². The van der Waals surface area contributed by atoms with Gasteiger partial charge >= 0.3 is 0 Å². The van der Waals surface area contributed by atoms with Gasteiger partial charge in [-0.1, -0.05) is 58.9 Å². The highest BCUT2D eigenvalue weighted by Crippen LogP contribution is 2.16. The van der Waals surface area contributed by atoms with Crippen molar-refractivity contribution in [1.29, 1.82) is 0 Å². The standard InChI is InChI=1S/C17H29N/c1-13(2)17-10-8-16(9-11-17)7-6-15(5)12-18-14(3)4/h8-11,13-15,18H,6-7,12H2,1-5H3. The summed E-state index contributed by atoms with van der Waals surface area (Å²) in [7, 11) is 0. The van der Waals surface area contributed by atoms with Gasteiger partial charge in [-0.15, -0.1) is 0 Å². The molecule has 1 nitrogen and oxygen atoms in total. The van der Waals surface area contributed by atoms with Crippen LogP contribution in [0.15, 0.2) is 24.3 Å². The van der Waals surface area contributed by atoms with Crippen molar-refractivity contribution in [1.82, 2.24) is 5.32 Å². The highest BCUT2D eigenvalue weighted by Gasteiger charge is 2.04. The van der Waals surface area contributed by atoms with Gasteiger partial charge in [-0.25, -0.2) is 0 Å². The Hall–Kier alpha value is -0.820. The molecule has 0 heterocycles. The van der Waals surface area contributed by atoms with E-state index in [0.717, 1.165) is 12.5 Å². The minimum Gasteiger partial charge on any atom is -0.314 e. The molecule has 0 saturated heterocycles. The van der Waals surface area contributed by atoms with Crippen LogP contribution >= 0.6 is 0 Å². The van der Waals surface area contributed by atoms with Crippen molar-refractivity contribution in [2.45, 2.75) is 59.4 Å². The third-order valence-electron chi connectivity index (χ3n) is 3.45. The Balaban J connectivity index is 2.34. The molecule has 1 rings (SSSR count). The molecule has 102 valence electrons. The summed E-state index contributed by atoms with van der Waals surface area (Å²) in [6.07, 6.45) is 2.46. The smallest absolute Gasteiger partial charge is 0.00104 e. The molecule has 1 aromatic rings. The van der Waals surface area contributed by atoms with Crippen molar-refractivity contribution in [3.8, 4) is 0 Å². The van der Waals surface area contributed by atoms with Gasteiger partial charge < -0.3 is 5.32 Å². The maximum Gasteiger partial charge on any atom is 0.00104 e. The van der Waals surface area contributed by atoms with Crippen LogP contribution in [0.4, 0.5) is 0 Å². The summed E-state index contributed by atoms with van der Waals surface area (Å²) >= 11 is 0. The molecule has 1 atom stereocenters. The van der Waals surface area contributed by atoms with Crippen molar-refractivity contribution < 1.29 is 0 Å². The van der Waals surface area contributed by atoms with E-state index in [0.29, 0.717) is 12.0 Å². The predicted molar refractivity (Wildman–Crippen MR) is 81.2 cm³/mol. The molecule has 0 saturated carbocycles. The first-order chi connectivity index (χ1) is 8.49. The number of aryl methyl sites for hydroxylation is 1. The van der Waals surface area contributed by atoms with Crippen LogP contribution in [0.3, 0.4) is 0 Å². The zero-order chi connectivity index (χ0) is 13.5. The second-order valence-corrected chi connectivity index (χ2v) is 6.10. The van der Waals surface area contributed by atoms with Crippen molar-refractivity contribution in [3.63, 3.8) is 0 Å². The first-order valence-electron chi connectivity index (χ1n) is 7.31. The molecule has 0 aromatic heterocycles. The fourth-order valence-electron chi connectivity index (χ4n) is 2.02. The molecule has 0 amide bonds. The summed E-state index contributed by atoms with van der Waals surface area (Å²) in [5, 5.41) is 3.51. The normalized spacial score (nSPS) is 13.3. The summed E-state index contributed by atoms with van der Waals surface area (Å²) in [6.45, 7) is 12.4. The Morgan fingerprint density at radius 2 is 1.56 bits per heavy atom. The molecular weight excluding hydrogens is 218 g/mol. The Morgan fingerprint density at radius 1 is 0.944 bits per heavy atom. The van der Waals surface area contributed by atoms with Gasteiger partial charge in [-0.05, 0) is 42.3 Å². The lowest BCUT2D eigenvalue weighted by molar-refractivity contribution is 0.454. The van der Waals surface area contributed by atoms with E-state index in [1.165, 1.54) is 24.0 Å². The van der Waals surface area contributed by atoms with Crippen LogP contribution in [0, 0.1) is 5.92 Å². The van der Waals surface area contributed by atoms with Crippen LogP contribution in [0.2, 0.25) is 0 Å². The third kappa shape index (κ3) is 5.68. The molecular formula is C17H29N. The number of hydrogen-bond donors (Lipinski definition) is 1. The topological polar surface area (TPSA) is 12.0 Å².